The Morgan fingerprint density at radius 3 is 2.59 bits per heavy atom. The second kappa shape index (κ2) is 9.01. The fraction of sp³-hybridized carbons (Fsp3) is 0.304. The van der Waals surface area contributed by atoms with Gasteiger partial charge in [-0.2, -0.15) is 4.31 Å². The minimum atomic E-state index is -3.64. The van der Waals surface area contributed by atoms with Crippen molar-refractivity contribution in [2.45, 2.75) is 24.7 Å². The summed E-state index contributed by atoms with van der Waals surface area (Å²) in [6.45, 7) is 2.45. The van der Waals surface area contributed by atoms with E-state index < -0.39 is 21.9 Å². The van der Waals surface area contributed by atoms with Gasteiger partial charge in [0.1, 0.15) is 4.88 Å². The molecule has 168 valence electrons. The average molecular weight is 473 g/mol. The van der Waals surface area contributed by atoms with Crippen molar-refractivity contribution in [2.75, 3.05) is 25.5 Å². The predicted octanol–water partition coefficient (Wildman–Crippen LogP) is 4.04. The van der Waals surface area contributed by atoms with Crippen LogP contribution in [0.4, 0.5) is 5.69 Å². The number of esters is 1. The molecule has 1 aromatic heterocycles. The van der Waals surface area contributed by atoms with Gasteiger partial charge in [-0.05, 0) is 61.5 Å². The lowest BCUT2D eigenvalue weighted by atomic mass is 9.98. The molecule has 2 aromatic carbocycles. The zero-order chi connectivity index (χ0) is 22.9. The van der Waals surface area contributed by atoms with E-state index in [4.69, 9.17) is 4.74 Å². The summed E-state index contributed by atoms with van der Waals surface area (Å²) in [6, 6.07) is 13.9. The molecule has 1 amide bonds. The normalized spacial score (nSPS) is 17.2. The molecular formula is C23H24N2O5S2. The first-order valence-corrected chi connectivity index (χ1v) is 12.5. The molecule has 0 radical (unpaired) electrons. The monoisotopic (exact) mass is 472 g/mol. The summed E-state index contributed by atoms with van der Waals surface area (Å²) < 4.78 is 33.1. The molecule has 0 bridgehead atoms. The maximum absolute atomic E-state index is 13.0. The lowest BCUT2D eigenvalue weighted by Gasteiger charge is -2.31. The van der Waals surface area contributed by atoms with E-state index in [1.807, 2.05) is 13.0 Å². The number of amides is 1. The number of piperidine rings is 1. The number of ether oxygens (including phenoxy) is 1. The number of nitrogens with one attached hydrogen (secondary N) is 1. The van der Waals surface area contributed by atoms with Crippen LogP contribution in [0.3, 0.4) is 0 Å². The number of carbonyl (C=O) groups is 2. The van der Waals surface area contributed by atoms with Crippen LogP contribution >= 0.6 is 11.3 Å². The number of benzene rings is 2. The number of hydrogen-bond acceptors (Lipinski definition) is 6. The summed E-state index contributed by atoms with van der Waals surface area (Å²) in [5, 5.41) is 3.74. The minimum Gasteiger partial charge on any atom is -0.465 e. The molecule has 0 aliphatic carbocycles. The van der Waals surface area contributed by atoms with Crippen LogP contribution in [-0.2, 0) is 19.6 Å². The Labute approximate surface area is 191 Å². The van der Waals surface area contributed by atoms with Crippen molar-refractivity contribution in [1.29, 1.82) is 0 Å². The average Bonchev–Trinajstić information content (AvgIpc) is 3.22. The molecule has 0 saturated carbocycles. The number of rotatable bonds is 5. The smallest absolute Gasteiger partial charge is 0.348 e. The van der Waals surface area contributed by atoms with Crippen molar-refractivity contribution in [1.82, 2.24) is 4.31 Å². The number of methoxy groups -OCH3 is 1. The third-order valence-corrected chi connectivity index (χ3v) is 8.56. The van der Waals surface area contributed by atoms with Crippen LogP contribution in [-0.4, -0.2) is 44.8 Å². The number of anilines is 1. The van der Waals surface area contributed by atoms with Gasteiger partial charge in [0.2, 0.25) is 15.9 Å². The number of aryl methyl sites for hydroxylation is 1. The molecule has 0 spiro atoms. The summed E-state index contributed by atoms with van der Waals surface area (Å²) in [4.78, 5) is 25.4. The first kappa shape index (κ1) is 22.4. The minimum absolute atomic E-state index is 0.148. The fourth-order valence-corrected chi connectivity index (χ4v) is 6.29. The second-order valence-electron chi connectivity index (χ2n) is 7.86. The quantitative estimate of drug-likeness (QED) is 0.566. The van der Waals surface area contributed by atoms with Gasteiger partial charge in [0, 0.05) is 23.5 Å². The van der Waals surface area contributed by atoms with E-state index in [-0.39, 0.29) is 17.3 Å². The van der Waals surface area contributed by atoms with Crippen LogP contribution in [0.2, 0.25) is 0 Å². The van der Waals surface area contributed by atoms with Gasteiger partial charge in [-0.25, -0.2) is 13.2 Å². The van der Waals surface area contributed by atoms with Gasteiger partial charge in [-0.15, -0.1) is 11.3 Å². The molecule has 32 heavy (non-hydrogen) atoms. The molecule has 1 aliphatic heterocycles. The van der Waals surface area contributed by atoms with Gasteiger partial charge >= 0.3 is 5.97 Å². The van der Waals surface area contributed by atoms with Crippen LogP contribution < -0.4 is 5.32 Å². The van der Waals surface area contributed by atoms with E-state index in [1.165, 1.54) is 22.8 Å². The van der Waals surface area contributed by atoms with Gasteiger partial charge in [0.05, 0.1) is 17.9 Å². The lowest BCUT2D eigenvalue weighted by Crippen LogP contribution is -2.43. The van der Waals surface area contributed by atoms with E-state index >= 15 is 0 Å². The summed E-state index contributed by atoms with van der Waals surface area (Å²) in [7, 11) is -2.31. The van der Waals surface area contributed by atoms with Crippen LogP contribution in [0.5, 0.6) is 0 Å². The second-order valence-corrected chi connectivity index (χ2v) is 10.9. The third kappa shape index (κ3) is 4.55. The molecule has 1 aliphatic rings. The Hall–Kier alpha value is -2.75. The topological polar surface area (TPSA) is 92.8 Å². The third-order valence-electron chi connectivity index (χ3n) is 5.58. The van der Waals surface area contributed by atoms with Gasteiger partial charge in [-0.1, -0.05) is 17.7 Å². The molecule has 3 aromatic rings. The zero-order valence-electron chi connectivity index (χ0n) is 17.8. The van der Waals surface area contributed by atoms with Crippen molar-refractivity contribution in [3.63, 3.8) is 0 Å². The lowest BCUT2D eigenvalue weighted by molar-refractivity contribution is -0.120. The van der Waals surface area contributed by atoms with Crippen molar-refractivity contribution in [3.8, 4) is 0 Å². The predicted molar refractivity (Wildman–Crippen MR) is 124 cm³/mol. The number of sulfonamides is 1. The Balaban J connectivity index is 1.47. The molecule has 1 fully saturated rings. The molecule has 1 atom stereocenters. The molecule has 2 heterocycles. The Morgan fingerprint density at radius 1 is 1.12 bits per heavy atom. The first-order valence-electron chi connectivity index (χ1n) is 10.3. The van der Waals surface area contributed by atoms with Crippen molar-refractivity contribution in [2.24, 2.45) is 5.92 Å². The highest BCUT2D eigenvalue weighted by molar-refractivity contribution is 7.89. The summed E-state index contributed by atoms with van der Waals surface area (Å²) in [5.41, 5.74) is 1.59. The van der Waals surface area contributed by atoms with E-state index in [0.29, 0.717) is 30.0 Å². The molecule has 1 unspecified atom stereocenters. The molecular weight excluding hydrogens is 448 g/mol. The molecule has 7 nitrogen and oxygen atoms in total. The Morgan fingerprint density at radius 2 is 1.88 bits per heavy atom. The van der Waals surface area contributed by atoms with E-state index in [0.717, 1.165) is 15.6 Å². The molecule has 9 heteroatoms. The van der Waals surface area contributed by atoms with Crippen LogP contribution in [0, 0.1) is 12.8 Å². The highest BCUT2D eigenvalue weighted by Gasteiger charge is 2.33. The van der Waals surface area contributed by atoms with E-state index in [2.05, 4.69) is 5.32 Å². The van der Waals surface area contributed by atoms with Gasteiger partial charge in [-0.3, -0.25) is 4.79 Å². The zero-order valence-corrected chi connectivity index (χ0v) is 19.5. The molecule has 1 saturated heterocycles. The van der Waals surface area contributed by atoms with E-state index in [1.54, 1.807) is 42.5 Å². The molecule has 4 rings (SSSR count). The highest BCUT2D eigenvalue weighted by atomic mass is 32.2. The van der Waals surface area contributed by atoms with Gasteiger partial charge in [0.15, 0.2) is 0 Å². The van der Waals surface area contributed by atoms with Crippen molar-refractivity contribution in [3.05, 3.63) is 59.0 Å². The molecule has 1 N–H and O–H groups in total. The maximum atomic E-state index is 13.0. The number of thiophene rings is 1. The van der Waals surface area contributed by atoms with Crippen molar-refractivity contribution < 1.29 is 22.7 Å². The number of nitrogens with zero attached hydrogens (tertiary/aromatic N) is 1. The summed E-state index contributed by atoms with van der Waals surface area (Å²) in [5.74, 6) is -1.04. The largest absolute Gasteiger partial charge is 0.465 e. The van der Waals surface area contributed by atoms with Gasteiger partial charge < -0.3 is 10.1 Å². The van der Waals surface area contributed by atoms with Crippen LogP contribution in [0.25, 0.3) is 10.1 Å². The van der Waals surface area contributed by atoms with Crippen molar-refractivity contribution >= 4 is 49.0 Å². The highest BCUT2D eigenvalue weighted by Crippen LogP contribution is 2.30. The standard InChI is InChI=1S/C23H24N2O5S2/c1-15-5-8-19(9-6-15)32(28,29)25-11-3-4-16(14-25)22(26)24-18-7-10-20-17(12-18)13-21(31-20)23(27)30-2/h5-10,12-13,16H,3-4,11,14H2,1-2H3,(H,24,26). The number of fused-ring (bicyclic) bond motifs is 1. The van der Waals surface area contributed by atoms with E-state index in [9.17, 15) is 18.0 Å². The number of carbonyl (C=O) groups excluding carboxylic acids is 2. The van der Waals surface area contributed by atoms with Crippen LogP contribution in [0.1, 0.15) is 28.1 Å². The number of hydrogen-bond donors (Lipinski definition) is 1. The van der Waals surface area contributed by atoms with Gasteiger partial charge in [0.25, 0.3) is 0 Å². The van der Waals surface area contributed by atoms with Crippen LogP contribution in [0.15, 0.2) is 53.4 Å². The fourth-order valence-electron chi connectivity index (χ4n) is 3.80. The SMILES string of the molecule is COC(=O)c1cc2cc(NC(=O)C3CCCN(S(=O)(=O)c4ccc(C)cc4)C3)ccc2s1. The maximum Gasteiger partial charge on any atom is 0.348 e. The first-order chi connectivity index (χ1) is 15.3. The Kier molecular flexibility index (Phi) is 6.32. The summed E-state index contributed by atoms with van der Waals surface area (Å²) >= 11 is 1.33. The summed E-state index contributed by atoms with van der Waals surface area (Å²) in [6.07, 6.45) is 1.24. The Bertz CT molecular complexity index is 1270.